The zero-order valence-corrected chi connectivity index (χ0v) is 15.4. The summed E-state index contributed by atoms with van der Waals surface area (Å²) < 4.78 is 0.406. The largest absolute Gasteiger partial charge is 0.507 e. The third kappa shape index (κ3) is 5.57. The van der Waals surface area contributed by atoms with Gasteiger partial charge in [-0.3, -0.25) is 19.3 Å². The Morgan fingerprint density at radius 2 is 2.00 bits per heavy atom. The average Bonchev–Trinajstić information content (AvgIpc) is 2.84. The van der Waals surface area contributed by atoms with Crippen LogP contribution in [-0.2, 0) is 14.4 Å². The Labute approximate surface area is 160 Å². The van der Waals surface area contributed by atoms with E-state index in [4.69, 9.17) is 17.3 Å². The second-order valence-corrected chi connectivity index (χ2v) is 7.17. The minimum atomic E-state index is -0.973. The highest BCUT2D eigenvalue weighted by molar-refractivity contribution is 8.26. The van der Waals surface area contributed by atoms with Gasteiger partial charge in [0.1, 0.15) is 10.1 Å². The molecule has 1 aromatic rings. The smallest absolute Gasteiger partial charge is 0.305 e. The Kier molecular flexibility index (Phi) is 7.16. The molecule has 1 aliphatic rings. The number of aliphatic carboxylic acids is 1. The zero-order chi connectivity index (χ0) is 19.1. The first-order valence-corrected chi connectivity index (χ1v) is 9.13. The van der Waals surface area contributed by atoms with Gasteiger partial charge in [0.05, 0.1) is 11.3 Å². The number of thiocarbonyl (C=S) groups is 1. The summed E-state index contributed by atoms with van der Waals surface area (Å²) >= 11 is 6.37. The summed E-state index contributed by atoms with van der Waals surface area (Å²) in [4.78, 5) is 36.3. The van der Waals surface area contributed by atoms with Crippen LogP contribution in [-0.4, -0.2) is 50.3 Å². The van der Waals surface area contributed by atoms with Crippen LogP contribution in [0.15, 0.2) is 29.2 Å². The number of para-hydroxylation sites is 1. The van der Waals surface area contributed by atoms with E-state index in [1.54, 1.807) is 24.3 Å². The number of phenolic OH excluding ortho intramolecular Hbond substituents is 1. The second-order valence-electron chi connectivity index (χ2n) is 5.49. The minimum Gasteiger partial charge on any atom is -0.507 e. The Balaban J connectivity index is 1.86. The molecule has 138 valence electrons. The summed E-state index contributed by atoms with van der Waals surface area (Å²) in [5.74, 6) is -1.41. The zero-order valence-electron chi connectivity index (χ0n) is 13.8. The van der Waals surface area contributed by atoms with Gasteiger partial charge in [0.15, 0.2) is 0 Å². The summed E-state index contributed by atoms with van der Waals surface area (Å²) in [5.41, 5.74) is 0.533. The van der Waals surface area contributed by atoms with Gasteiger partial charge in [-0.05, 0) is 18.6 Å². The van der Waals surface area contributed by atoms with Gasteiger partial charge in [0.2, 0.25) is 5.91 Å². The van der Waals surface area contributed by atoms with E-state index in [1.165, 1.54) is 11.0 Å². The number of benzene rings is 1. The van der Waals surface area contributed by atoms with Crippen molar-refractivity contribution in [2.24, 2.45) is 0 Å². The minimum absolute atomic E-state index is 0.0794. The molecule has 1 fully saturated rings. The van der Waals surface area contributed by atoms with E-state index < -0.39 is 5.97 Å². The van der Waals surface area contributed by atoms with Crippen molar-refractivity contribution in [2.45, 2.75) is 19.3 Å². The number of rotatable bonds is 8. The Hall–Kier alpha value is -2.39. The molecule has 2 rings (SSSR count). The van der Waals surface area contributed by atoms with Crippen LogP contribution in [0, 0.1) is 0 Å². The summed E-state index contributed by atoms with van der Waals surface area (Å²) in [7, 11) is 0. The van der Waals surface area contributed by atoms with Crippen LogP contribution in [0.25, 0.3) is 6.08 Å². The van der Waals surface area contributed by atoms with Gasteiger partial charge in [-0.1, -0.05) is 42.2 Å². The van der Waals surface area contributed by atoms with Crippen LogP contribution in [0.1, 0.15) is 24.8 Å². The first-order valence-electron chi connectivity index (χ1n) is 7.90. The first kappa shape index (κ1) is 19.9. The quantitative estimate of drug-likeness (QED) is 0.457. The molecule has 7 nitrogen and oxygen atoms in total. The number of nitrogens with one attached hydrogen (secondary N) is 1. The van der Waals surface area contributed by atoms with Gasteiger partial charge in [0.25, 0.3) is 5.91 Å². The number of carbonyl (C=O) groups excluding carboxylic acids is 2. The first-order chi connectivity index (χ1) is 12.4. The van der Waals surface area contributed by atoms with Crippen molar-refractivity contribution in [1.29, 1.82) is 0 Å². The van der Waals surface area contributed by atoms with Gasteiger partial charge in [-0.2, -0.15) is 0 Å². The number of aromatic hydroxyl groups is 1. The Bertz CT molecular complexity index is 763. The number of thioether (sulfide) groups is 1. The summed E-state index contributed by atoms with van der Waals surface area (Å²) in [6, 6.07) is 6.69. The SMILES string of the molecule is O=C(O)CCNC(=O)CCCN1C(=O)/C(=C/c2ccccc2O)SC1=S. The molecule has 2 amide bonds. The number of phenols is 1. The third-order valence-corrected chi connectivity index (χ3v) is 4.92. The predicted molar refractivity (Wildman–Crippen MR) is 102 cm³/mol. The van der Waals surface area contributed by atoms with Crippen molar-refractivity contribution >= 4 is 52.2 Å². The normalized spacial score (nSPS) is 15.5. The number of hydrogen-bond acceptors (Lipinski definition) is 6. The fourth-order valence-electron chi connectivity index (χ4n) is 2.24. The molecule has 0 bridgehead atoms. The molecule has 0 aliphatic carbocycles. The van der Waals surface area contributed by atoms with E-state index in [0.717, 1.165) is 11.8 Å². The molecule has 0 radical (unpaired) electrons. The summed E-state index contributed by atoms with van der Waals surface area (Å²) in [6.45, 7) is 0.383. The molecule has 0 unspecified atom stereocenters. The van der Waals surface area contributed by atoms with E-state index in [-0.39, 0.29) is 37.0 Å². The van der Waals surface area contributed by atoms with Crippen LogP contribution in [0.5, 0.6) is 5.75 Å². The maximum atomic E-state index is 12.5. The van der Waals surface area contributed by atoms with E-state index in [9.17, 15) is 19.5 Å². The Morgan fingerprint density at radius 1 is 1.27 bits per heavy atom. The van der Waals surface area contributed by atoms with Crippen molar-refractivity contribution in [3.05, 3.63) is 34.7 Å². The van der Waals surface area contributed by atoms with E-state index in [2.05, 4.69) is 5.32 Å². The molecule has 1 aliphatic heterocycles. The summed E-state index contributed by atoms with van der Waals surface area (Å²) in [5, 5.41) is 20.8. The van der Waals surface area contributed by atoms with E-state index >= 15 is 0 Å². The van der Waals surface area contributed by atoms with Crippen molar-refractivity contribution in [3.8, 4) is 5.75 Å². The topological polar surface area (TPSA) is 107 Å². The maximum absolute atomic E-state index is 12.5. The van der Waals surface area contributed by atoms with Gasteiger partial charge in [-0.15, -0.1) is 0 Å². The predicted octanol–water partition coefficient (Wildman–Crippen LogP) is 1.96. The van der Waals surface area contributed by atoms with Gasteiger partial charge in [0, 0.05) is 25.1 Å². The second kappa shape index (κ2) is 9.35. The number of carboxylic acid groups (broad SMARTS) is 1. The highest BCUT2D eigenvalue weighted by atomic mass is 32.2. The number of carboxylic acids is 1. The lowest BCUT2D eigenvalue weighted by molar-refractivity contribution is -0.137. The molecular weight excluding hydrogens is 376 g/mol. The van der Waals surface area contributed by atoms with E-state index in [1.807, 2.05) is 0 Å². The molecular formula is C17H18N2O5S2. The molecule has 1 aromatic carbocycles. The number of nitrogens with zero attached hydrogens (tertiary/aromatic N) is 1. The van der Waals surface area contributed by atoms with Crippen LogP contribution in [0.4, 0.5) is 0 Å². The molecule has 26 heavy (non-hydrogen) atoms. The van der Waals surface area contributed by atoms with E-state index in [0.29, 0.717) is 27.8 Å². The van der Waals surface area contributed by atoms with Gasteiger partial charge >= 0.3 is 5.97 Å². The lowest BCUT2D eigenvalue weighted by atomic mass is 10.2. The number of carbonyl (C=O) groups is 3. The van der Waals surface area contributed by atoms with Crippen molar-refractivity contribution in [1.82, 2.24) is 10.2 Å². The van der Waals surface area contributed by atoms with Crippen molar-refractivity contribution < 1.29 is 24.6 Å². The third-order valence-electron chi connectivity index (χ3n) is 3.54. The standard InChI is InChI=1S/C17H18N2O5S2/c20-12-5-2-1-4-11(12)10-13-16(24)19(17(25)26-13)9-3-6-14(21)18-8-7-15(22)23/h1-2,4-5,10,20H,3,6-9H2,(H,18,21)(H,22,23)/b13-10-. The van der Waals surface area contributed by atoms with Crippen molar-refractivity contribution in [3.63, 3.8) is 0 Å². The van der Waals surface area contributed by atoms with Crippen LogP contribution in [0.3, 0.4) is 0 Å². The van der Waals surface area contributed by atoms with Crippen molar-refractivity contribution in [2.75, 3.05) is 13.1 Å². The molecule has 9 heteroatoms. The average molecular weight is 394 g/mol. The summed E-state index contributed by atoms with van der Waals surface area (Å²) in [6.07, 6.45) is 2.05. The van der Waals surface area contributed by atoms with Gasteiger partial charge in [-0.25, -0.2) is 0 Å². The molecule has 0 atom stereocenters. The van der Waals surface area contributed by atoms with Crippen LogP contribution >= 0.6 is 24.0 Å². The number of hydrogen-bond donors (Lipinski definition) is 3. The fourth-order valence-corrected chi connectivity index (χ4v) is 3.54. The molecule has 0 saturated carbocycles. The number of amides is 2. The molecule has 1 saturated heterocycles. The molecule has 1 heterocycles. The van der Waals surface area contributed by atoms with Crippen LogP contribution in [0.2, 0.25) is 0 Å². The fraction of sp³-hybridized carbons (Fsp3) is 0.294. The molecule has 0 aromatic heterocycles. The Morgan fingerprint density at radius 3 is 2.69 bits per heavy atom. The lowest BCUT2D eigenvalue weighted by Gasteiger charge is -2.14. The monoisotopic (exact) mass is 394 g/mol. The molecule has 3 N–H and O–H groups in total. The highest BCUT2D eigenvalue weighted by Gasteiger charge is 2.31. The van der Waals surface area contributed by atoms with Gasteiger partial charge < -0.3 is 15.5 Å². The highest BCUT2D eigenvalue weighted by Crippen LogP contribution is 2.34. The lowest BCUT2D eigenvalue weighted by Crippen LogP contribution is -2.31. The maximum Gasteiger partial charge on any atom is 0.305 e. The van der Waals surface area contributed by atoms with Crippen LogP contribution < -0.4 is 5.32 Å². The molecule has 0 spiro atoms.